The van der Waals surface area contributed by atoms with Crippen LogP contribution in [0.4, 0.5) is 5.69 Å². The van der Waals surface area contributed by atoms with E-state index in [1.165, 1.54) is 6.08 Å². The number of nitrogens with one attached hydrogen (secondary N) is 1. The fraction of sp³-hybridized carbons (Fsp3) is 0.263. The maximum Gasteiger partial charge on any atom is 0.255 e. The molecule has 1 fully saturated rings. The Morgan fingerprint density at radius 2 is 2.17 bits per heavy atom. The molecule has 0 aliphatic carbocycles. The van der Waals surface area contributed by atoms with Gasteiger partial charge in [-0.1, -0.05) is 38.0 Å². The zero-order chi connectivity index (χ0) is 16.8. The molecule has 24 heavy (non-hydrogen) atoms. The van der Waals surface area contributed by atoms with Gasteiger partial charge in [0.05, 0.1) is 0 Å². The van der Waals surface area contributed by atoms with E-state index in [-0.39, 0.29) is 38.4 Å². The molecule has 1 aromatic heterocycles. The molecule has 2 heterocycles. The van der Waals surface area contributed by atoms with Crippen molar-refractivity contribution in [2.45, 2.75) is 19.3 Å². The average molecular weight is 549 g/mol. The molecule has 0 aromatic carbocycles. The Bertz CT molecular complexity index is 673. The third-order valence-electron chi connectivity index (χ3n) is 3.91. The number of anilines is 1. The Morgan fingerprint density at radius 3 is 2.75 bits per heavy atom. The number of aromatic nitrogens is 1. The molecule has 5 heteroatoms. The van der Waals surface area contributed by atoms with Crippen molar-refractivity contribution in [1.29, 1.82) is 0 Å². The molecule has 2 rings (SSSR count). The number of amides is 1. The van der Waals surface area contributed by atoms with E-state index >= 15 is 0 Å². The first-order chi connectivity index (χ1) is 11.1. The normalized spacial score (nSPS) is 17.0. The van der Waals surface area contributed by atoms with Crippen LogP contribution in [0.2, 0.25) is 0 Å². The molecule has 1 atom stereocenters. The van der Waals surface area contributed by atoms with Crippen molar-refractivity contribution < 1.29 is 37.3 Å². The molecule has 0 saturated carbocycles. The molecule has 0 radical (unpaired) electrons. The second kappa shape index (κ2) is 9.66. The summed E-state index contributed by atoms with van der Waals surface area (Å²) in [5.41, 5.74) is 3.14. The summed E-state index contributed by atoms with van der Waals surface area (Å²) >= 11 is 0. The average Bonchev–Trinajstić information content (AvgIpc) is 3.01. The van der Waals surface area contributed by atoms with E-state index in [1.807, 2.05) is 25.3 Å². The Labute approximate surface area is 169 Å². The fourth-order valence-electron chi connectivity index (χ4n) is 2.74. The van der Waals surface area contributed by atoms with Crippen LogP contribution < -0.4 is 5.32 Å². The maximum atomic E-state index is 12.2. The number of carbonyl (C=O) groups is 1. The predicted molar refractivity (Wildman–Crippen MR) is 97.3 cm³/mol. The first-order valence-electron chi connectivity index (χ1n) is 7.69. The number of hydrogen-bond acceptors (Lipinski definition) is 3. The van der Waals surface area contributed by atoms with Gasteiger partial charge in [-0.3, -0.25) is 9.78 Å². The molecule has 0 bridgehead atoms. The molecule has 1 unspecified atom stereocenters. The van der Waals surface area contributed by atoms with E-state index in [0.29, 0.717) is 11.5 Å². The van der Waals surface area contributed by atoms with E-state index < -0.39 is 0 Å². The van der Waals surface area contributed by atoms with Gasteiger partial charge in [0.1, 0.15) is 0 Å². The van der Waals surface area contributed by atoms with Crippen molar-refractivity contribution in [2.24, 2.45) is 0 Å². The van der Waals surface area contributed by atoms with Gasteiger partial charge in [0.15, 0.2) is 0 Å². The smallest absolute Gasteiger partial charge is 0.255 e. The van der Waals surface area contributed by atoms with E-state index in [9.17, 15) is 4.79 Å². The Hall–Kier alpha value is -1.57. The van der Waals surface area contributed by atoms with E-state index in [1.54, 1.807) is 12.2 Å². The first kappa shape index (κ1) is 20.5. The van der Waals surface area contributed by atoms with Crippen LogP contribution in [0.5, 0.6) is 0 Å². The fourth-order valence-corrected chi connectivity index (χ4v) is 2.74. The van der Waals surface area contributed by atoms with Gasteiger partial charge in [-0.2, -0.15) is 0 Å². The summed E-state index contributed by atoms with van der Waals surface area (Å²) < 4.78 is 0. The Kier molecular flexibility index (Phi) is 8.24. The second-order valence-corrected chi connectivity index (χ2v) is 5.60. The minimum atomic E-state index is -0.199. The molecule has 1 N–H and O–H groups in total. The number of hydrogen-bond donors (Lipinski definition) is 1. The molecular formula is C19H25N3OU. The quantitative estimate of drug-likeness (QED) is 0.434. The summed E-state index contributed by atoms with van der Waals surface area (Å²) in [6, 6.07) is 3.83. The molecule has 1 amide bonds. The van der Waals surface area contributed by atoms with Crippen molar-refractivity contribution in [2.75, 3.05) is 18.4 Å². The van der Waals surface area contributed by atoms with Crippen LogP contribution in [0.1, 0.15) is 25.2 Å². The van der Waals surface area contributed by atoms with Crippen molar-refractivity contribution in [1.82, 2.24) is 9.88 Å². The van der Waals surface area contributed by atoms with Crippen molar-refractivity contribution in [3.8, 4) is 0 Å². The zero-order valence-electron chi connectivity index (χ0n) is 14.1. The number of rotatable bonds is 6. The van der Waals surface area contributed by atoms with E-state index in [2.05, 4.69) is 34.9 Å². The summed E-state index contributed by atoms with van der Waals surface area (Å²) in [5, 5.41) is 2.91. The van der Waals surface area contributed by atoms with Crippen LogP contribution in [-0.4, -0.2) is 28.9 Å². The summed E-state index contributed by atoms with van der Waals surface area (Å²) in [6.45, 7) is 14.9. The van der Waals surface area contributed by atoms with Crippen molar-refractivity contribution in [3.63, 3.8) is 0 Å². The molecule has 1 aromatic rings. The third-order valence-corrected chi connectivity index (χ3v) is 3.91. The Morgan fingerprint density at radius 1 is 1.42 bits per heavy atom. The van der Waals surface area contributed by atoms with Gasteiger partial charge < -0.3 is 10.2 Å². The number of pyridine rings is 1. The second-order valence-electron chi connectivity index (χ2n) is 5.60. The molecule has 126 valence electrons. The largest absolute Gasteiger partial charge is 0.377 e. The summed E-state index contributed by atoms with van der Waals surface area (Å²) in [6.07, 6.45) is 7.64. The summed E-state index contributed by atoms with van der Waals surface area (Å²) in [4.78, 5) is 19.1. The van der Waals surface area contributed by atoms with Gasteiger partial charge in [-0.15, -0.1) is 0 Å². The summed E-state index contributed by atoms with van der Waals surface area (Å²) in [7, 11) is 0. The van der Waals surface area contributed by atoms with Gasteiger partial charge in [0.25, 0.3) is 5.91 Å². The van der Waals surface area contributed by atoms with Gasteiger partial charge in [0, 0.05) is 74.2 Å². The number of likely N-dealkylation sites (tertiary alicyclic amines) is 1. The van der Waals surface area contributed by atoms with Gasteiger partial charge in [0.2, 0.25) is 0 Å². The van der Waals surface area contributed by atoms with E-state index in [4.69, 9.17) is 0 Å². The number of allylic oxidation sites excluding steroid dienone is 2. The minimum Gasteiger partial charge on any atom is -0.377 e. The van der Waals surface area contributed by atoms with Crippen LogP contribution >= 0.6 is 0 Å². The topological polar surface area (TPSA) is 45.2 Å². The molecule has 0 spiro atoms. The maximum absolute atomic E-state index is 12.2. The number of nitrogens with zero attached hydrogens (tertiary/aromatic N) is 2. The van der Waals surface area contributed by atoms with Gasteiger partial charge in [-0.25, -0.2) is 0 Å². The van der Waals surface area contributed by atoms with Crippen LogP contribution in [-0.2, 0) is 4.79 Å². The minimum absolute atomic E-state index is 0. The van der Waals surface area contributed by atoms with E-state index in [0.717, 1.165) is 36.6 Å². The van der Waals surface area contributed by atoms with Gasteiger partial charge in [-0.05, 0) is 31.7 Å². The van der Waals surface area contributed by atoms with Gasteiger partial charge >= 0.3 is 0 Å². The number of aryl methyl sites for hydroxylation is 1. The SMILES string of the molecule is C=C/C=C(\C=C)C(=O)Nc1cc(C)nc(C2CCN(C=C)C2)c1.[HH].[U]. The van der Waals surface area contributed by atoms with Crippen molar-refractivity contribution >= 4 is 11.6 Å². The van der Waals surface area contributed by atoms with Crippen LogP contribution in [0, 0.1) is 38.0 Å². The summed E-state index contributed by atoms with van der Waals surface area (Å²) in [5.74, 6) is 0.168. The Balaban J connectivity index is 0.00000288. The molecule has 1 saturated heterocycles. The third kappa shape index (κ3) is 5.22. The molecular weight excluding hydrogens is 524 g/mol. The predicted octanol–water partition coefficient (Wildman–Crippen LogP) is 3.81. The molecule has 4 nitrogen and oxygen atoms in total. The molecule has 1 aliphatic heterocycles. The van der Waals surface area contributed by atoms with Crippen LogP contribution in [0.3, 0.4) is 0 Å². The molecule has 1 aliphatic rings. The zero-order valence-corrected chi connectivity index (χ0v) is 18.3. The number of carbonyl (C=O) groups excluding carboxylic acids is 1. The van der Waals surface area contributed by atoms with Crippen LogP contribution in [0.25, 0.3) is 0 Å². The van der Waals surface area contributed by atoms with Crippen molar-refractivity contribution in [3.05, 3.63) is 73.3 Å². The van der Waals surface area contributed by atoms with Crippen LogP contribution in [0.15, 0.2) is 61.9 Å². The first-order valence-corrected chi connectivity index (χ1v) is 7.69. The monoisotopic (exact) mass is 549 g/mol. The standard InChI is InChI=1S/C19H23N3O.U.H2/c1-5-8-15(6-2)19(23)21-17-11-14(4)20-18(12-17)16-9-10-22(7-3)13-16;;/h5-8,11-12,16H,1-3,9-10,13H2,4H3,(H,20,21,23);;1H/b15-8+;;.